The topological polar surface area (TPSA) is 114 Å². The second-order valence-electron chi connectivity index (χ2n) is 5.24. The molecule has 0 atom stereocenters. The van der Waals surface area contributed by atoms with E-state index in [9.17, 15) is 18.3 Å². The van der Waals surface area contributed by atoms with Crippen molar-refractivity contribution >= 4 is 27.8 Å². The summed E-state index contributed by atoms with van der Waals surface area (Å²) in [5, 5.41) is 10.5. The molecule has 0 fully saturated rings. The molecule has 0 bridgehead atoms. The zero-order chi connectivity index (χ0) is 18.7. The Morgan fingerprint density at radius 1 is 1.19 bits per heavy atom. The summed E-state index contributed by atoms with van der Waals surface area (Å²) in [6.45, 7) is 0.0756. The Balaban J connectivity index is 1.94. The average molecular weight is 376 g/mol. The largest absolute Gasteiger partial charge is 0.545 e. The number of carboxylic acid groups (broad SMARTS) is 1. The molecule has 0 saturated carbocycles. The monoisotopic (exact) mass is 376 g/mol. The molecule has 1 heterocycles. The molecule has 1 N–H and O–H groups in total. The van der Waals surface area contributed by atoms with Crippen LogP contribution in [0.15, 0.2) is 47.4 Å². The van der Waals surface area contributed by atoms with E-state index < -0.39 is 16.0 Å². The molecule has 26 heavy (non-hydrogen) atoms. The summed E-state index contributed by atoms with van der Waals surface area (Å²) >= 11 is 0. The Bertz CT molecular complexity index is 983. The summed E-state index contributed by atoms with van der Waals surface area (Å²) in [4.78, 5) is 10.4. The molecule has 0 aromatic heterocycles. The van der Waals surface area contributed by atoms with E-state index in [1.807, 2.05) is 0 Å². The number of nitrogens with one attached hydrogen (secondary N) is 1. The lowest BCUT2D eigenvalue weighted by Crippen LogP contribution is -2.18. The molecule has 0 saturated heterocycles. The van der Waals surface area contributed by atoms with Crippen molar-refractivity contribution in [3.8, 4) is 17.2 Å². The Kier molecular flexibility index (Phi) is 4.72. The molecule has 1 aliphatic rings. The van der Waals surface area contributed by atoms with Gasteiger partial charge in [-0.2, -0.15) is 0 Å². The van der Waals surface area contributed by atoms with Crippen molar-refractivity contribution in [3.05, 3.63) is 48.0 Å². The van der Waals surface area contributed by atoms with E-state index in [2.05, 4.69) is 4.72 Å². The van der Waals surface area contributed by atoms with Crippen molar-refractivity contribution < 1.29 is 32.5 Å². The van der Waals surface area contributed by atoms with Crippen LogP contribution < -0.4 is 24.0 Å². The number of carboxylic acids is 1. The van der Waals surface area contributed by atoms with Crippen molar-refractivity contribution in [1.82, 2.24) is 0 Å². The fourth-order valence-corrected chi connectivity index (χ4v) is 3.60. The maximum Gasteiger partial charge on any atom is 0.265 e. The number of carbonyl (C=O) groups excluding carboxylic acids is 1. The Morgan fingerprint density at radius 3 is 2.69 bits per heavy atom. The maximum absolute atomic E-state index is 12.8. The minimum absolute atomic E-state index is 0.0756. The predicted octanol–water partition coefficient (Wildman–Crippen LogP) is 0.988. The second-order valence-corrected chi connectivity index (χ2v) is 6.89. The molecule has 3 rings (SSSR count). The van der Waals surface area contributed by atoms with Gasteiger partial charge >= 0.3 is 0 Å². The van der Waals surface area contributed by atoms with Crippen LogP contribution in [0.4, 0.5) is 5.69 Å². The number of hydrogen-bond donors (Lipinski definition) is 1. The van der Waals surface area contributed by atoms with Gasteiger partial charge in [0.2, 0.25) is 6.79 Å². The third kappa shape index (κ3) is 3.72. The van der Waals surface area contributed by atoms with Crippen LogP contribution in [0.2, 0.25) is 0 Å². The molecule has 136 valence electrons. The molecular weight excluding hydrogens is 362 g/mol. The summed E-state index contributed by atoms with van der Waals surface area (Å²) in [6.07, 6.45) is 2.04. The van der Waals surface area contributed by atoms with Crippen molar-refractivity contribution in [1.29, 1.82) is 0 Å². The Hall–Kier alpha value is -3.20. The van der Waals surface area contributed by atoms with Gasteiger partial charge in [-0.05, 0) is 35.9 Å². The van der Waals surface area contributed by atoms with Crippen LogP contribution in [0.25, 0.3) is 6.08 Å². The van der Waals surface area contributed by atoms with Gasteiger partial charge in [0.1, 0.15) is 10.6 Å². The van der Waals surface area contributed by atoms with E-state index in [1.54, 1.807) is 6.07 Å². The number of sulfonamides is 1. The number of carbonyl (C=O) groups is 1. The lowest BCUT2D eigenvalue weighted by molar-refractivity contribution is -0.297. The lowest BCUT2D eigenvalue weighted by atomic mass is 10.2. The predicted molar refractivity (Wildman–Crippen MR) is 90.4 cm³/mol. The van der Waals surface area contributed by atoms with Crippen LogP contribution in [0, 0.1) is 0 Å². The second kappa shape index (κ2) is 6.96. The number of aliphatic carboxylic acids is 1. The minimum Gasteiger partial charge on any atom is -0.545 e. The highest BCUT2D eigenvalue weighted by atomic mass is 32.2. The van der Waals surface area contributed by atoms with Crippen LogP contribution in [0.3, 0.4) is 0 Å². The van der Waals surface area contributed by atoms with E-state index in [1.165, 1.54) is 43.5 Å². The first-order valence-corrected chi connectivity index (χ1v) is 8.87. The van der Waals surface area contributed by atoms with E-state index in [0.29, 0.717) is 17.1 Å². The molecule has 2 aromatic rings. The summed E-state index contributed by atoms with van der Waals surface area (Å²) in [7, 11) is -2.66. The van der Waals surface area contributed by atoms with E-state index >= 15 is 0 Å². The highest BCUT2D eigenvalue weighted by Gasteiger charge is 2.21. The van der Waals surface area contributed by atoms with Crippen LogP contribution in [-0.4, -0.2) is 28.3 Å². The molecule has 0 radical (unpaired) electrons. The number of methoxy groups -OCH3 is 1. The molecule has 8 nitrogen and oxygen atoms in total. The fraction of sp³-hybridized carbons (Fsp3) is 0.118. The van der Waals surface area contributed by atoms with Gasteiger partial charge < -0.3 is 24.1 Å². The maximum atomic E-state index is 12.8. The number of hydrogen-bond acceptors (Lipinski definition) is 7. The van der Waals surface area contributed by atoms with Gasteiger partial charge in [-0.1, -0.05) is 12.1 Å². The normalized spacial score (nSPS) is 13.0. The van der Waals surface area contributed by atoms with Gasteiger partial charge in [-0.15, -0.1) is 0 Å². The number of fused-ring (bicyclic) bond motifs is 1. The molecule has 0 spiro atoms. The van der Waals surface area contributed by atoms with E-state index in [-0.39, 0.29) is 23.1 Å². The number of rotatable bonds is 6. The van der Waals surface area contributed by atoms with Crippen LogP contribution in [0.5, 0.6) is 17.2 Å². The average Bonchev–Trinajstić information content (AvgIpc) is 3.07. The van der Waals surface area contributed by atoms with E-state index in [4.69, 9.17) is 14.2 Å². The first kappa shape index (κ1) is 17.6. The highest BCUT2D eigenvalue weighted by molar-refractivity contribution is 7.92. The van der Waals surface area contributed by atoms with Gasteiger partial charge in [0.15, 0.2) is 11.5 Å². The smallest absolute Gasteiger partial charge is 0.265 e. The third-order valence-corrected chi connectivity index (χ3v) is 4.92. The van der Waals surface area contributed by atoms with Crippen LogP contribution in [-0.2, 0) is 14.8 Å². The molecule has 0 amide bonds. The number of ether oxygens (including phenoxy) is 3. The molecule has 1 aliphatic heterocycles. The van der Waals surface area contributed by atoms with Gasteiger partial charge in [0, 0.05) is 6.07 Å². The summed E-state index contributed by atoms with van der Waals surface area (Å²) in [5.74, 6) is -0.310. The van der Waals surface area contributed by atoms with Crippen LogP contribution >= 0.6 is 0 Å². The SMILES string of the molecule is COc1ccc(/C=C/C(=O)[O-])cc1S(=O)(=O)Nc1ccc2c(c1)OCO2. The van der Waals surface area contributed by atoms with Crippen molar-refractivity contribution in [2.45, 2.75) is 4.90 Å². The molecule has 0 unspecified atom stereocenters. The van der Waals surface area contributed by atoms with Crippen molar-refractivity contribution in [3.63, 3.8) is 0 Å². The molecule has 2 aromatic carbocycles. The molecular formula is C17H14NO7S-. The third-order valence-electron chi connectivity index (χ3n) is 3.51. The van der Waals surface area contributed by atoms with Crippen molar-refractivity contribution in [2.75, 3.05) is 18.6 Å². The fourth-order valence-electron chi connectivity index (χ4n) is 2.34. The van der Waals surface area contributed by atoms with Crippen LogP contribution in [0.1, 0.15) is 5.56 Å². The highest BCUT2D eigenvalue weighted by Crippen LogP contribution is 2.35. The summed E-state index contributed by atoms with van der Waals surface area (Å²) in [6, 6.07) is 8.90. The summed E-state index contributed by atoms with van der Waals surface area (Å²) < 4.78 is 43.5. The first-order valence-electron chi connectivity index (χ1n) is 7.38. The van der Waals surface area contributed by atoms with E-state index in [0.717, 1.165) is 6.08 Å². The lowest BCUT2D eigenvalue weighted by Gasteiger charge is -2.13. The molecule has 0 aliphatic carbocycles. The van der Waals surface area contributed by atoms with Gasteiger partial charge in [-0.3, -0.25) is 4.72 Å². The Labute approximate surface area is 149 Å². The summed E-state index contributed by atoms with van der Waals surface area (Å²) in [5.41, 5.74) is 0.646. The molecule has 9 heteroatoms. The standard InChI is InChI=1S/C17H15NO7S/c1-23-14-5-2-11(3-7-17(19)20)8-16(14)26(21,22)18-12-4-6-13-15(9-12)25-10-24-13/h2-9,18H,10H2,1H3,(H,19,20)/p-1/b7-3+. The zero-order valence-corrected chi connectivity index (χ0v) is 14.4. The van der Waals surface area contributed by atoms with Gasteiger partial charge in [-0.25, -0.2) is 8.42 Å². The van der Waals surface area contributed by atoms with Gasteiger partial charge in [0.25, 0.3) is 10.0 Å². The van der Waals surface area contributed by atoms with Gasteiger partial charge in [0.05, 0.1) is 18.8 Å². The minimum atomic E-state index is -4.00. The number of anilines is 1. The number of benzene rings is 2. The van der Waals surface area contributed by atoms with Crippen molar-refractivity contribution in [2.24, 2.45) is 0 Å². The zero-order valence-electron chi connectivity index (χ0n) is 13.6. The quantitative estimate of drug-likeness (QED) is 0.748. The first-order chi connectivity index (χ1) is 12.4. The Morgan fingerprint density at radius 2 is 1.96 bits per heavy atom.